The monoisotopic (exact) mass is 243 g/mol. The molecular formula is C14H17N3O. The van der Waals surface area contributed by atoms with E-state index >= 15 is 0 Å². The average molecular weight is 243 g/mol. The van der Waals surface area contributed by atoms with Gasteiger partial charge in [-0.3, -0.25) is 0 Å². The average Bonchev–Trinajstić information content (AvgIpc) is 2.75. The molecule has 0 atom stereocenters. The molecule has 0 radical (unpaired) electrons. The second-order valence-corrected chi connectivity index (χ2v) is 4.84. The van der Waals surface area contributed by atoms with Gasteiger partial charge >= 0.3 is 0 Å². The van der Waals surface area contributed by atoms with E-state index in [1.165, 1.54) is 11.3 Å². The van der Waals surface area contributed by atoms with Gasteiger partial charge < -0.3 is 15.2 Å². The molecule has 1 aliphatic heterocycles. The summed E-state index contributed by atoms with van der Waals surface area (Å²) in [6, 6.07) is 8.14. The lowest BCUT2D eigenvalue weighted by Gasteiger charge is -2.30. The molecule has 0 unspecified atom stereocenters. The topological polar surface area (TPSA) is 55.3 Å². The highest BCUT2D eigenvalue weighted by Crippen LogP contribution is 2.29. The van der Waals surface area contributed by atoms with Gasteiger partial charge in [0, 0.05) is 24.0 Å². The fourth-order valence-electron chi connectivity index (χ4n) is 2.55. The minimum atomic E-state index is 0.800. The zero-order valence-corrected chi connectivity index (χ0v) is 10.5. The molecule has 2 N–H and O–H groups in total. The number of nitrogens with zero attached hydrogens (tertiary/aromatic N) is 2. The largest absolute Gasteiger partial charge is 0.399 e. The molecule has 1 aliphatic rings. The molecule has 2 aromatic rings. The molecule has 0 bridgehead atoms. The summed E-state index contributed by atoms with van der Waals surface area (Å²) in [7, 11) is 0. The van der Waals surface area contributed by atoms with Crippen LogP contribution < -0.4 is 10.6 Å². The van der Waals surface area contributed by atoms with E-state index in [9.17, 15) is 0 Å². The molecule has 4 nitrogen and oxygen atoms in total. The molecule has 18 heavy (non-hydrogen) atoms. The fraction of sp³-hybridized carbons (Fsp3) is 0.357. The summed E-state index contributed by atoms with van der Waals surface area (Å²) < 4.78 is 5.12. The van der Waals surface area contributed by atoms with E-state index in [1.54, 1.807) is 0 Å². The molecule has 4 heteroatoms. The van der Waals surface area contributed by atoms with Crippen molar-refractivity contribution in [3.63, 3.8) is 0 Å². The van der Waals surface area contributed by atoms with E-state index in [2.05, 4.69) is 22.2 Å². The number of rotatable bonds is 2. The van der Waals surface area contributed by atoms with Crippen molar-refractivity contribution in [2.45, 2.75) is 26.3 Å². The van der Waals surface area contributed by atoms with Gasteiger partial charge in [-0.15, -0.1) is 0 Å². The van der Waals surface area contributed by atoms with Gasteiger partial charge in [-0.25, -0.2) is 0 Å². The standard InChI is InChI=1S/C14H17N3O/c1-10-7-13(16-18-10)9-17-6-2-3-11-8-12(15)4-5-14(11)17/h4-5,7-8H,2-3,6,9,15H2,1H3. The number of nitrogens with two attached hydrogens (primary N) is 1. The molecule has 0 aliphatic carbocycles. The highest BCUT2D eigenvalue weighted by Gasteiger charge is 2.18. The van der Waals surface area contributed by atoms with E-state index in [0.717, 1.165) is 43.1 Å². The van der Waals surface area contributed by atoms with E-state index < -0.39 is 0 Å². The van der Waals surface area contributed by atoms with Crippen molar-refractivity contribution >= 4 is 11.4 Å². The van der Waals surface area contributed by atoms with Crippen LogP contribution in [0.2, 0.25) is 0 Å². The lowest BCUT2D eigenvalue weighted by atomic mass is 10.0. The maximum atomic E-state index is 5.84. The number of benzene rings is 1. The van der Waals surface area contributed by atoms with Crippen LogP contribution in [0.5, 0.6) is 0 Å². The number of hydrogen-bond donors (Lipinski definition) is 1. The van der Waals surface area contributed by atoms with E-state index in [1.807, 2.05) is 19.1 Å². The van der Waals surface area contributed by atoms with E-state index in [-0.39, 0.29) is 0 Å². The molecule has 3 rings (SSSR count). The molecule has 0 fully saturated rings. The Balaban J connectivity index is 1.87. The second-order valence-electron chi connectivity index (χ2n) is 4.84. The summed E-state index contributed by atoms with van der Waals surface area (Å²) in [6.07, 6.45) is 2.27. The summed E-state index contributed by atoms with van der Waals surface area (Å²) in [4.78, 5) is 2.34. The Morgan fingerprint density at radius 2 is 2.28 bits per heavy atom. The molecule has 0 saturated heterocycles. The minimum absolute atomic E-state index is 0.800. The fourth-order valence-corrected chi connectivity index (χ4v) is 2.55. The Morgan fingerprint density at radius 3 is 3.06 bits per heavy atom. The first-order valence-electron chi connectivity index (χ1n) is 6.28. The van der Waals surface area contributed by atoms with Crippen LogP contribution >= 0.6 is 0 Å². The zero-order valence-electron chi connectivity index (χ0n) is 10.5. The molecule has 0 amide bonds. The van der Waals surface area contributed by atoms with Gasteiger partial charge in [0.15, 0.2) is 0 Å². The lowest BCUT2D eigenvalue weighted by molar-refractivity contribution is 0.389. The van der Waals surface area contributed by atoms with Gasteiger partial charge in [-0.05, 0) is 43.5 Å². The highest BCUT2D eigenvalue weighted by atomic mass is 16.5. The number of aryl methyl sites for hydroxylation is 2. The summed E-state index contributed by atoms with van der Waals surface area (Å²) in [5.74, 6) is 0.861. The number of anilines is 2. The first kappa shape index (κ1) is 11.1. The van der Waals surface area contributed by atoms with Crippen LogP contribution in [0, 0.1) is 6.92 Å². The number of nitrogen functional groups attached to an aromatic ring is 1. The third-order valence-corrected chi connectivity index (χ3v) is 3.35. The van der Waals surface area contributed by atoms with Crippen molar-refractivity contribution in [2.24, 2.45) is 0 Å². The molecule has 1 aromatic heterocycles. The van der Waals surface area contributed by atoms with Gasteiger partial charge in [-0.2, -0.15) is 0 Å². The quantitative estimate of drug-likeness (QED) is 0.823. The Labute approximate surface area is 106 Å². The SMILES string of the molecule is Cc1cc(CN2CCCc3cc(N)ccc32)no1. The van der Waals surface area contributed by atoms with Crippen molar-refractivity contribution in [2.75, 3.05) is 17.2 Å². The maximum Gasteiger partial charge on any atom is 0.133 e. The van der Waals surface area contributed by atoms with Gasteiger partial charge in [0.1, 0.15) is 11.5 Å². The van der Waals surface area contributed by atoms with Crippen molar-refractivity contribution in [3.8, 4) is 0 Å². The van der Waals surface area contributed by atoms with Crippen LogP contribution in [0.25, 0.3) is 0 Å². The Hall–Kier alpha value is -1.97. The molecular weight excluding hydrogens is 226 g/mol. The first-order valence-corrected chi connectivity index (χ1v) is 6.28. The Morgan fingerprint density at radius 1 is 1.39 bits per heavy atom. The van der Waals surface area contributed by atoms with Crippen LogP contribution in [-0.2, 0) is 13.0 Å². The Bertz CT molecular complexity index is 562. The molecule has 2 heterocycles. The van der Waals surface area contributed by atoms with Gasteiger partial charge in [0.25, 0.3) is 0 Å². The van der Waals surface area contributed by atoms with Crippen LogP contribution in [0.1, 0.15) is 23.4 Å². The number of hydrogen-bond acceptors (Lipinski definition) is 4. The van der Waals surface area contributed by atoms with E-state index in [0.29, 0.717) is 0 Å². The number of fused-ring (bicyclic) bond motifs is 1. The van der Waals surface area contributed by atoms with Crippen molar-refractivity contribution < 1.29 is 4.52 Å². The summed E-state index contributed by atoms with van der Waals surface area (Å²) in [5.41, 5.74) is 10.3. The third kappa shape index (κ3) is 2.06. The first-order chi connectivity index (χ1) is 8.72. The smallest absolute Gasteiger partial charge is 0.133 e. The summed E-state index contributed by atoms with van der Waals surface area (Å²) >= 11 is 0. The predicted molar refractivity (Wildman–Crippen MR) is 71.5 cm³/mol. The van der Waals surface area contributed by atoms with Crippen LogP contribution in [0.15, 0.2) is 28.8 Å². The van der Waals surface area contributed by atoms with Gasteiger partial charge in [0.05, 0.1) is 6.54 Å². The normalized spacial score (nSPS) is 14.6. The van der Waals surface area contributed by atoms with Crippen molar-refractivity contribution in [1.82, 2.24) is 5.16 Å². The van der Waals surface area contributed by atoms with Crippen LogP contribution in [0.3, 0.4) is 0 Å². The number of aromatic nitrogens is 1. The van der Waals surface area contributed by atoms with Crippen molar-refractivity contribution in [3.05, 3.63) is 41.3 Å². The second kappa shape index (κ2) is 4.37. The summed E-state index contributed by atoms with van der Waals surface area (Å²) in [5, 5.41) is 4.06. The molecule has 0 saturated carbocycles. The lowest BCUT2D eigenvalue weighted by Crippen LogP contribution is -2.28. The van der Waals surface area contributed by atoms with Gasteiger partial charge in [-0.1, -0.05) is 5.16 Å². The maximum absolute atomic E-state index is 5.84. The minimum Gasteiger partial charge on any atom is -0.399 e. The third-order valence-electron chi connectivity index (χ3n) is 3.35. The van der Waals surface area contributed by atoms with Gasteiger partial charge in [0.2, 0.25) is 0 Å². The highest BCUT2D eigenvalue weighted by molar-refractivity contribution is 5.61. The van der Waals surface area contributed by atoms with Crippen LogP contribution in [-0.4, -0.2) is 11.7 Å². The zero-order chi connectivity index (χ0) is 12.5. The van der Waals surface area contributed by atoms with E-state index in [4.69, 9.17) is 10.3 Å². The molecule has 1 aromatic carbocycles. The molecule has 0 spiro atoms. The summed E-state index contributed by atoms with van der Waals surface area (Å²) in [6.45, 7) is 3.78. The Kier molecular flexibility index (Phi) is 2.70. The van der Waals surface area contributed by atoms with Crippen molar-refractivity contribution in [1.29, 1.82) is 0 Å². The predicted octanol–water partition coefficient (Wildman–Crippen LogP) is 2.52. The molecule has 94 valence electrons. The van der Waals surface area contributed by atoms with Crippen LogP contribution in [0.4, 0.5) is 11.4 Å².